The standard InChI is InChI=1S/C11H18N4O/c1-8(16)6-7-15(2)10-5-3-4-9(14-10)11(12)13/h3-5,8,16H,6-7H2,1-2H3,(H3,12,13). The molecule has 0 saturated heterocycles. The predicted molar refractivity (Wildman–Crippen MR) is 64.8 cm³/mol. The van der Waals surface area contributed by atoms with Crippen molar-refractivity contribution in [3.05, 3.63) is 23.9 Å². The number of rotatable bonds is 5. The van der Waals surface area contributed by atoms with E-state index in [1.165, 1.54) is 0 Å². The van der Waals surface area contributed by atoms with Crippen molar-refractivity contribution < 1.29 is 5.11 Å². The number of nitrogen functional groups attached to an aromatic ring is 1. The fourth-order valence-corrected chi connectivity index (χ4v) is 1.28. The molecule has 16 heavy (non-hydrogen) atoms. The van der Waals surface area contributed by atoms with Crippen LogP contribution in [0.3, 0.4) is 0 Å². The molecule has 1 rings (SSSR count). The third-order valence-electron chi connectivity index (χ3n) is 2.28. The Morgan fingerprint density at radius 1 is 1.62 bits per heavy atom. The Labute approximate surface area is 95.4 Å². The summed E-state index contributed by atoms with van der Waals surface area (Å²) in [6.07, 6.45) is 0.362. The molecular formula is C11H18N4O. The lowest BCUT2D eigenvalue weighted by molar-refractivity contribution is 0.187. The van der Waals surface area contributed by atoms with Gasteiger partial charge in [0.1, 0.15) is 17.3 Å². The molecule has 1 atom stereocenters. The largest absolute Gasteiger partial charge is 0.393 e. The van der Waals surface area contributed by atoms with Crippen molar-refractivity contribution in [3.63, 3.8) is 0 Å². The van der Waals surface area contributed by atoms with Crippen molar-refractivity contribution in [3.8, 4) is 0 Å². The Kier molecular flexibility index (Phi) is 4.25. The zero-order chi connectivity index (χ0) is 12.1. The minimum absolute atomic E-state index is 0.0363. The van der Waals surface area contributed by atoms with Crippen LogP contribution in [-0.4, -0.2) is 35.6 Å². The highest BCUT2D eigenvalue weighted by Gasteiger charge is 2.06. The fraction of sp³-hybridized carbons (Fsp3) is 0.455. The molecule has 0 aromatic carbocycles. The number of aromatic nitrogens is 1. The van der Waals surface area contributed by atoms with Crippen LogP contribution >= 0.6 is 0 Å². The minimum Gasteiger partial charge on any atom is -0.393 e. The van der Waals surface area contributed by atoms with Gasteiger partial charge in [-0.15, -0.1) is 0 Å². The van der Waals surface area contributed by atoms with Crippen molar-refractivity contribution in [2.75, 3.05) is 18.5 Å². The number of anilines is 1. The first-order valence-electron chi connectivity index (χ1n) is 5.21. The van der Waals surface area contributed by atoms with E-state index in [1.807, 2.05) is 24.1 Å². The highest BCUT2D eigenvalue weighted by molar-refractivity contribution is 5.93. The van der Waals surface area contributed by atoms with Crippen LogP contribution in [0.4, 0.5) is 5.82 Å². The van der Waals surface area contributed by atoms with Gasteiger partial charge in [-0.1, -0.05) is 6.07 Å². The molecule has 0 bridgehead atoms. The topological polar surface area (TPSA) is 86.2 Å². The molecule has 1 heterocycles. The summed E-state index contributed by atoms with van der Waals surface area (Å²) in [6.45, 7) is 2.47. The summed E-state index contributed by atoms with van der Waals surface area (Å²) in [4.78, 5) is 6.17. The van der Waals surface area contributed by atoms with Crippen LogP contribution in [0.1, 0.15) is 19.0 Å². The summed E-state index contributed by atoms with van der Waals surface area (Å²) in [5.41, 5.74) is 5.84. The van der Waals surface area contributed by atoms with Crippen LogP contribution in [0.25, 0.3) is 0 Å². The van der Waals surface area contributed by atoms with E-state index in [-0.39, 0.29) is 11.9 Å². The number of pyridine rings is 1. The quantitative estimate of drug-likeness (QED) is 0.502. The molecule has 0 saturated carbocycles. The van der Waals surface area contributed by atoms with Gasteiger partial charge in [0.2, 0.25) is 0 Å². The van der Waals surface area contributed by atoms with Crippen LogP contribution < -0.4 is 10.6 Å². The molecule has 88 valence electrons. The average molecular weight is 222 g/mol. The van der Waals surface area contributed by atoms with Crippen LogP contribution in [0.5, 0.6) is 0 Å². The molecule has 0 fully saturated rings. The molecule has 1 unspecified atom stereocenters. The van der Waals surface area contributed by atoms with Gasteiger partial charge in [0.05, 0.1) is 6.10 Å². The minimum atomic E-state index is -0.321. The van der Waals surface area contributed by atoms with Crippen molar-refractivity contribution in [2.45, 2.75) is 19.4 Å². The van der Waals surface area contributed by atoms with E-state index in [2.05, 4.69) is 4.98 Å². The smallest absolute Gasteiger partial charge is 0.141 e. The molecule has 0 radical (unpaired) electrons. The Balaban J connectivity index is 2.71. The summed E-state index contributed by atoms with van der Waals surface area (Å²) < 4.78 is 0. The van der Waals surface area contributed by atoms with Crippen LogP contribution in [0.2, 0.25) is 0 Å². The summed E-state index contributed by atoms with van der Waals surface area (Å²) in [7, 11) is 1.90. The van der Waals surface area contributed by atoms with Crippen LogP contribution in [0, 0.1) is 5.41 Å². The normalized spacial score (nSPS) is 12.2. The van der Waals surface area contributed by atoms with Crippen molar-refractivity contribution in [2.24, 2.45) is 5.73 Å². The first-order chi connectivity index (χ1) is 7.50. The predicted octanol–water partition coefficient (Wildman–Crippen LogP) is 0.573. The number of hydrogen-bond acceptors (Lipinski definition) is 4. The average Bonchev–Trinajstić information content (AvgIpc) is 2.26. The molecule has 5 nitrogen and oxygen atoms in total. The van der Waals surface area contributed by atoms with Crippen molar-refractivity contribution >= 4 is 11.7 Å². The third-order valence-corrected chi connectivity index (χ3v) is 2.28. The van der Waals surface area contributed by atoms with Gasteiger partial charge in [0, 0.05) is 13.6 Å². The lowest BCUT2D eigenvalue weighted by Gasteiger charge is -2.19. The van der Waals surface area contributed by atoms with Crippen LogP contribution in [0.15, 0.2) is 18.2 Å². The van der Waals surface area contributed by atoms with Crippen molar-refractivity contribution in [1.82, 2.24) is 4.98 Å². The van der Waals surface area contributed by atoms with Gasteiger partial charge in [0.15, 0.2) is 0 Å². The molecule has 4 N–H and O–H groups in total. The Bertz CT molecular complexity index is 365. The van der Waals surface area contributed by atoms with Gasteiger partial charge in [-0.2, -0.15) is 0 Å². The van der Waals surface area contributed by atoms with E-state index in [0.717, 1.165) is 5.82 Å². The molecular weight excluding hydrogens is 204 g/mol. The third kappa shape index (κ3) is 3.51. The second-order valence-corrected chi connectivity index (χ2v) is 3.85. The van der Waals surface area contributed by atoms with Gasteiger partial charge in [-0.3, -0.25) is 5.41 Å². The van der Waals surface area contributed by atoms with Crippen molar-refractivity contribution in [1.29, 1.82) is 5.41 Å². The van der Waals surface area contributed by atoms with Gasteiger partial charge >= 0.3 is 0 Å². The number of amidine groups is 1. The van der Waals surface area contributed by atoms with Crippen LogP contribution in [-0.2, 0) is 0 Å². The molecule has 0 amide bonds. The highest BCUT2D eigenvalue weighted by atomic mass is 16.3. The van der Waals surface area contributed by atoms with Gasteiger partial charge in [0.25, 0.3) is 0 Å². The Hall–Kier alpha value is -1.62. The number of aliphatic hydroxyl groups is 1. The van der Waals surface area contributed by atoms with E-state index >= 15 is 0 Å². The number of aliphatic hydroxyl groups excluding tert-OH is 1. The van der Waals surface area contributed by atoms with E-state index in [4.69, 9.17) is 11.1 Å². The molecule has 0 aliphatic rings. The van der Waals surface area contributed by atoms with E-state index in [0.29, 0.717) is 18.7 Å². The summed E-state index contributed by atoms with van der Waals surface area (Å²) >= 11 is 0. The highest BCUT2D eigenvalue weighted by Crippen LogP contribution is 2.10. The molecule has 0 aliphatic heterocycles. The Morgan fingerprint density at radius 3 is 2.88 bits per heavy atom. The fourth-order valence-electron chi connectivity index (χ4n) is 1.28. The SMILES string of the molecule is CC(O)CCN(C)c1cccc(C(=N)N)n1. The first-order valence-corrected chi connectivity index (χ1v) is 5.21. The molecule has 0 aliphatic carbocycles. The lowest BCUT2D eigenvalue weighted by atomic mass is 10.2. The van der Waals surface area contributed by atoms with E-state index in [9.17, 15) is 5.11 Å². The zero-order valence-corrected chi connectivity index (χ0v) is 9.64. The summed E-state index contributed by atoms with van der Waals surface area (Å²) in [6, 6.07) is 5.38. The van der Waals surface area contributed by atoms with E-state index in [1.54, 1.807) is 13.0 Å². The summed E-state index contributed by atoms with van der Waals surface area (Å²) in [5, 5.41) is 16.5. The second kappa shape index (κ2) is 5.46. The van der Waals surface area contributed by atoms with Gasteiger partial charge in [-0.05, 0) is 25.5 Å². The maximum atomic E-state index is 9.19. The van der Waals surface area contributed by atoms with Gasteiger partial charge in [-0.25, -0.2) is 4.98 Å². The Morgan fingerprint density at radius 2 is 2.31 bits per heavy atom. The molecule has 5 heteroatoms. The molecule has 1 aromatic heterocycles. The first kappa shape index (κ1) is 12.4. The molecule has 0 spiro atoms. The zero-order valence-electron chi connectivity index (χ0n) is 9.64. The number of nitrogens with zero attached hydrogens (tertiary/aromatic N) is 2. The summed E-state index contributed by atoms with van der Waals surface area (Å²) in [5.74, 6) is 0.721. The number of hydrogen-bond donors (Lipinski definition) is 3. The maximum Gasteiger partial charge on any atom is 0.141 e. The molecule has 1 aromatic rings. The monoisotopic (exact) mass is 222 g/mol. The number of nitrogens with one attached hydrogen (secondary N) is 1. The maximum absolute atomic E-state index is 9.19. The number of nitrogens with two attached hydrogens (primary N) is 1. The van der Waals surface area contributed by atoms with E-state index < -0.39 is 0 Å². The van der Waals surface area contributed by atoms with Gasteiger partial charge < -0.3 is 15.7 Å². The lowest BCUT2D eigenvalue weighted by Crippen LogP contribution is -2.24. The second-order valence-electron chi connectivity index (χ2n) is 3.85.